The van der Waals surface area contributed by atoms with E-state index in [0.29, 0.717) is 21.3 Å². The number of hydrogen-bond donors (Lipinski definition) is 1. The van der Waals surface area contributed by atoms with Gasteiger partial charge < -0.3 is 10.2 Å². The van der Waals surface area contributed by atoms with Gasteiger partial charge in [0.15, 0.2) is 0 Å². The van der Waals surface area contributed by atoms with Gasteiger partial charge in [-0.05, 0) is 80.4 Å². The molecule has 1 saturated heterocycles. The first-order valence-corrected chi connectivity index (χ1v) is 16.9. The molecule has 6 rings (SSSR count). The van der Waals surface area contributed by atoms with E-state index in [4.69, 9.17) is 0 Å². The van der Waals surface area contributed by atoms with Crippen LogP contribution in [-0.4, -0.2) is 40.6 Å². The Bertz CT molecular complexity index is 1800. The highest BCUT2D eigenvalue weighted by Gasteiger charge is 2.56. The van der Waals surface area contributed by atoms with Crippen LogP contribution in [0.4, 0.5) is 17.1 Å². The number of thioether (sulfide) groups is 1. The molecule has 44 heavy (non-hydrogen) atoms. The number of benzene rings is 3. The molecule has 0 bridgehead atoms. The molecule has 2 aliphatic heterocycles. The van der Waals surface area contributed by atoms with E-state index >= 15 is 0 Å². The second kappa shape index (κ2) is 12.4. The number of imide groups is 1. The van der Waals surface area contributed by atoms with Crippen molar-refractivity contribution in [2.45, 2.75) is 43.5 Å². The Morgan fingerprint density at radius 2 is 1.66 bits per heavy atom. The summed E-state index contributed by atoms with van der Waals surface area (Å²) >= 11 is 5.69. The van der Waals surface area contributed by atoms with Gasteiger partial charge in [-0.3, -0.25) is 23.7 Å². The Balaban J connectivity index is 1.41. The Morgan fingerprint density at radius 1 is 0.955 bits per heavy atom. The van der Waals surface area contributed by atoms with Crippen LogP contribution in [0.1, 0.15) is 35.8 Å². The van der Waals surface area contributed by atoms with E-state index in [1.165, 1.54) is 21.2 Å². The average molecular weight is 692 g/mol. The highest BCUT2D eigenvalue weighted by atomic mass is 79.9. The minimum absolute atomic E-state index is 0.199. The number of rotatable bonds is 8. The molecular weight excluding hydrogens is 660 g/mol. The number of carbonyl (C=O) groups excluding carboxylic acids is 3. The molecule has 0 aliphatic carbocycles. The lowest BCUT2D eigenvalue weighted by atomic mass is 9.83. The number of aromatic nitrogens is 1. The van der Waals surface area contributed by atoms with Crippen molar-refractivity contribution in [3.05, 3.63) is 103 Å². The van der Waals surface area contributed by atoms with E-state index in [-0.39, 0.29) is 29.1 Å². The molecule has 4 aromatic rings. The minimum Gasteiger partial charge on any atom is -0.372 e. The maximum absolute atomic E-state index is 14.1. The van der Waals surface area contributed by atoms with Crippen molar-refractivity contribution >= 4 is 73.8 Å². The van der Waals surface area contributed by atoms with Gasteiger partial charge in [-0.1, -0.05) is 63.3 Å². The number of halogens is 1. The largest absolute Gasteiger partial charge is 0.372 e. The van der Waals surface area contributed by atoms with Crippen LogP contribution in [0.25, 0.3) is 0 Å². The first kappa shape index (κ1) is 30.4. The quantitative estimate of drug-likeness (QED) is 0.220. The molecule has 1 fully saturated rings. The molecule has 0 saturated carbocycles. The van der Waals surface area contributed by atoms with Gasteiger partial charge in [0.25, 0.3) is 0 Å². The fourth-order valence-electron chi connectivity index (χ4n) is 6.01. The summed E-state index contributed by atoms with van der Waals surface area (Å²) < 4.78 is 2.29. The lowest BCUT2D eigenvalue weighted by Gasteiger charge is -2.31. The summed E-state index contributed by atoms with van der Waals surface area (Å²) in [5, 5.41) is 2.70. The predicted molar refractivity (Wildman–Crippen MR) is 180 cm³/mol. The number of hydrogen-bond acceptors (Lipinski definition) is 7. The van der Waals surface area contributed by atoms with E-state index in [2.05, 4.69) is 40.0 Å². The third-order valence-corrected chi connectivity index (χ3v) is 11.3. The highest BCUT2D eigenvalue weighted by Crippen LogP contribution is 2.54. The molecule has 0 radical (unpaired) electrons. The standard InChI is InChI=1S/C33H31BrN4O4S2/c1-4-36(5-2)23-13-9-20(10-14-23)26-27-28(31(41)38(30(27)40)24-15-11-21(34)12-16-24)43-32-29(26)44-33(42)37(32)18-25(39)35-22-8-6-7-19(3)17-22/h6-17,26-28H,4-5,18H2,1-3H3,(H,35,39). The van der Waals surface area contributed by atoms with Crippen molar-refractivity contribution in [2.75, 3.05) is 28.2 Å². The molecule has 8 nitrogen and oxygen atoms in total. The van der Waals surface area contributed by atoms with E-state index in [1.54, 1.807) is 30.3 Å². The van der Waals surface area contributed by atoms with Crippen LogP contribution in [0.5, 0.6) is 0 Å². The normalized spacial score (nSPS) is 19.1. The second-order valence-corrected chi connectivity index (χ2v) is 13.9. The highest BCUT2D eigenvalue weighted by molar-refractivity contribution is 9.10. The lowest BCUT2D eigenvalue weighted by molar-refractivity contribution is -0.122. The maximum atomic E-state index is 14.1. The van der Waals surface area contributed by atoms with Crippen LogP contribution in [0.15, 0.2) is 87.1 Å². The molecular formula is C33H31BrN4O4S2. The molecule has 2 aliphatic rings. The molecule has 226 valence electrons. The van der Waals surface area contributed by atoms with E-state index in [1.807, 2.05) is 49.4 Å². The Hall–Kier alpha value is -3.67. The Labute approximate surface area is 272 Å². The van der Waals surface area contributed by atoms with Crippen molar-refractivity contribution in [1.29, 1.82) is 0 Å². The van der Waals surface area contributed by atoms with Crippen LogP contribution in [-0.2, 0) is 20.9 Å². The van der Waals surface area contributed by atoms with Crippen LogP contribution in [0, 0.1) is 12.8 Å². The first-order valence-electron chi connectivity index (χ1n) is 14.4. The lowest BCUT2D eigenvalue weighted by Crippen LogP contribution is -2.33. The van der Waals surface area contributed by atoms with Crippen LogP contribution >= 0.6 is 39.0 Å². The van der Waals surface area contributed by atoms with Gasteiger partial charge in [0.2, 0.25) is 17.7 Å². The number of anilines is 3. The molecule has 3 heterocycles. The van der Waals surface area contributed by atoms with Gasteiger partial charge in [0.1, 0.15) is 11.8 Å². The molecule has 11 heteroatoms. The van der Waals surface area contributed by atoms with Crippen LogP contribution in [0.3, 0.4) is 0 Å². The summed E-state index contributed by atoms with van der Waals surface area (Å²) in [6.45, 7) is 7.65. The van der Waals surface area contributed by atoms with Crippen molar-refractivity contribution in [3.8, 4) is 0 Å². The molecule has 3 atom stereocenters. The van der Waals surface area contributed by atoms with Gasteiger partial charge in [-0.15, -0.1) is 0 Å². The Kier molecular flexibility index (Phi) is 8.54. The van der Waals surface area contributed by atoms with Gasteiger partial charge in [0, 0.05) is 39.7 Å². The number of aryl methyl sites for hydroxylation is 1. The zero-order valence-electron chi connectivity index (χ0n) is 24.5. The number of nitrogens with one attached hydrogen (secondary N) is 1. The number of carbonyl (C=O) groups is 3. The summed E-state index contributed by atoms with van der Waals surface area (Å²) in [6.07, 6.45) is 0. The number of thiazole rings is 1. The summed E-state index contributed by atoms with van der Waals surface area (Å²) in [5.74, 6) is -2.17. The maximum Gasteiger partial charge on any atom is 0.308 e. The fraction of sp³-hybridized carbons (Fsp3) is 0.273. The minimum atomic E-state index is -0.744. The molecule has 3 amide bonds. The van der Waals surface area contributed by atoms with Gasteiger partial charge in [-0.2, -0.15) is 0 Å². The number of nitrogens with zero attached hydrogens (tertiary/aromatic N) is 3. The summed E-state index contributed by atoms with van der Waals surface area (Å²) in [6, 6.07) is 22.6. The molecule has 0 spiro atoms. The van der Waals surface area contributed by atoms with Crippen molar-refractivity contribution in [1.82, 2.24) is 4.57 Å². The Morgan fingerprint density at radius 3 is 2.32 bits per heavy atom. The third kappa shape index (κ3) is 5.52. The smallest absolute Gasteiger partial charge is 0.308 e. The van der Waals surface area contributed by atoms with Gasteiger partial charge in [-0.25, -0.2) is 4.90 Å². The first-order chi connectivity index (χ1) is 21.2. The fourth-order valence-corrected chi connectivity index (χ4v) is 9.04. The monoisotopic (exact) mass is 690 g/mol. The van der Waals surface area contributed by atoms with Crippen LogP contribution < -0.4 is 20.0 Å². The molecule has 1 N–H and O–H groups in total. The van der Waals surface area contributed by atoms with Crippen molar-refractivity contribution < 1.29 is 14.4 Å². The topological polar surface area (TPSA) is 91.7 Å². The molecule has 1 aromatic heterocycles. The molecule has 3 unspecified atom stereocenters. The van der Waals surface area contributed by atoms with Gasteiger partial charge in [0.05, 0.1) is 16.6 Å². The average Bonchev–Trinajstić information content (AvgIpc) is 3.45. The second-order valence-electron chi connectivity index (χ2n) is 10.8. The third-order valence-electron chi connectivity index (χ3n) is 8.12. The summed E-state index contributed by atoms with van der Waals surface area (Å²) in [7, 11) is 0. The van der Waals surface area contributed by atoms with Gasteiger partial charge >= 0.3 is 4.87 Å². The molecule has 3 aromatic carbocycles. The number of amides is 3. The predicted octanol–water partition coefficient (Wildman–Crippen LogP) is 6.26. The summed E-state index contributed by atoms with van der Waals surface area (Å²) in [5.41, 5.74) is 4.07. The zero-order chi connectivity index (χ0) is 31.1. The van der Waals surface area contributed by atoms with E-state index < -0.39 is 17.1 Å². The van der Waals surface area contributed by atoms with E-state index in [9.17, 15) is 19.2 Å². The summed E-state index contributed by atoms with van der Waals surface area (Å²) in [4.78, 5) is 58.6. The van der Waals surface area contributed by atoms with Crippen LogP contribution in [0.2, 0.25) is 0 Å². The van der Waals surface area contributed by atoms with Crippen molar-refractivity contribution in [2.24, 2.45) is 5.92 Å². The number of fused-ring (bicyclic) bond motifs is 2. The van der Waals surface area contributed by atoms with E-state index in [0.717, 1.165) is 45.7 Å². The zero-order valence-corrected chi connectivity index (χ0v) is 27.7. The SMILES string of the molecule is CCN(CC)c1ccc(C2c3sc(=O)n(CC(=O)Nc4cccc(C)c4)c3SC3C(=O)N(c4ccc(Br)cc4)C(=O)C32)cc1. The van der Waals surface area contributed by atoms with Crippen molar-refractivity contribution in [3.63, 3.8) is 0 Å².